The molecule has 0 bridgehead atoms. The zero-order chi connectivity index (χ0) is 22.2. The standard InChI is InChI=1S/C23H24FN7O/c1-14-4-3-7-31(14)12-17-8-16-11-25-22(10-20(16)26-17)27-23(32)18-6-5-15(9-19(18)24)21-13-30(2)29-28-21/h5-6,8-11,13-14,26H,3-4,7,12H2,1-2H3,(H,25,27,32)/t14-/m0/s1. The van der Waals surface area contributed by atoms with Gasteiger partial charge < -0.3 is 10.3 Å². The van der Waals surface area contributed by atoms with Gasteiger partial charge in [0.15, 0.2) is 0 Å². The minimum atomic E-state index is -0.631. The second-order valence-electron chi connectivity index (χ2n) is 8.34. The molecule has 1 atom stereocenters. The summed E-state index contributed by atoms with van der Waals surface area (Å²) in [5.41, 5.74) is 3.03. The molecular formula is C23H24FN7O. The van der Waals surface area contributed by atoms with E-state index in [1.54, 1.807) is 31.6 Å². The maximum absolute atomic E-state index is 14.6. The molecule has 1 aliphatic heterocycles. The Labute approximate surface area is 184 Å². The maximum atomic E-state index is 14.6. The number of aryl methyl sites for hydroxylation is 1. The number of hydrogen-bond donors (Lipinski definition) is 2. The third-order valence-electron chi connectivity index (χ3n) is 5.98. The lowest BCUT2D eigenvalue weighted by Gasteiger charge is -2.19. The van der Waals surface area contributed by atoms with E-state index in [2.05, 4.69) is 43.5 Å². The molecular weight excluding hydrogens is 409 g/mol. The first-order chi connectivity index (χ1) is 15.5. The van der Waals surface area contributed by atoms with Crippen LogP contribution in [0.1, 0.15) is 35.8 Å². The summed E-state index contributed by atoms with van der Waals surface area (Å²) >= 11 is 0. The number of halogens is 1. The molecule has 1 fully saturated rings. The Morgan fingerprint density at radius 3 is 2.91 bits per heavy atom. The minimum absolute atomic E-state index is 0.0604. The van der Waals surface area contributed by atoms with Gasteiger partial charge in [-0.1, -0.05) is 11.3 Å². The number of hydrogen-bond acceptors (Lipinski definition) is 5. The van der Waals surface area contributed by atoms with Crippen LogP contribution in [0.15, 0.2) is 42.7 Å². The van der Waals surface area contributed by atoms with E-state index in [1.807, 2.05) is 0 Å². The van der Waals surface area contributed by atoms with E-state index < -0.39 is 11.7 Å². The van der Waals surface area contributed by atoms with E-state index in [-0.39, 0.29) is 5.56 Å². The van der Waals surface area contributed by atoms with Crippen molar-refractivity contribution < 1.29 is 9.18 Å². The van der Waals surface area contributed by atoms with E-state index in [0.717, 1.165) is 29.7 Å². The molecule has 164 valence electrons. The number of fused-ring (bicyclic) bond motifs is 1. The Bertz CT molecular complexity index is 1290. The molecule has 4 aromatic rings. The van der Waals surface area contributed by atoms with Crippen LogP contribution in [-0.2, 0) is 13.6 Å². The Morgan fingerprint density at radius 1 is 1.31 bits per heavy atom. The first-order valence-corrected chi connectivity index (χ1v) is 10.7. The quantitative estimate of drug-likeness (QED) is 0.500. The van der Waals surface area contributed by atoms with Crippen LogP contribution in [-0.4, -0.2) is 48.4 Å². The predicted molar refractivity (Wildman–Crippen MR) is 120 cm³/mol. The number of carbonyl (C=O) groups excluding carboxylic acids is 1. The van der Waals surface area contributed by atoms with Crippen LogP contribution < -0.4 is 5.32 Å². The predicted octanol–water partition coefficient (Wildman–Crippen LogP) is 3.73. The lowest BCUT2D eigenvalue weighted by molar-refractivity contribution is 0.102. The van der Waals surface area contributed by atoms with Crippen LogP contribution in [0.3, 0.4) is 0 Å². The summed E-state index contributed by atoms with van der Waals surface area (Å²) in [6.45, 7) is 4.22. The molecule has 0 aliphatic carbocycles. The van der Waals surface area contributed by atoms with E-state index in [4.69, 9.17) is 0 Å². The summed E-state index contributed by atoms with van der Waals surface area (Å²) in [5, 5.41) is 11.5. The topological polar surface area (TPSA) is 91.7 Å². The highest BCUT2D eigenvalue weighted by Gasteiger charge is 2.21. The number of anilines is 1. The highest BCUT2D eigenvalue weighted by molar-refractivity contribution is 6.04. The van der Waals surface area contributed by atoms with Gasteiger partial charge in [0.1, 0.15) is 17.3 Å². The number of H-pyrrole nitrogens is 1. The number of benzene rings is 1. The number of nitrogens with zero attached hydrogens (tertiary/aromatic N) is 5. The lowest BCUT2D eigenvalue weighted by Crippen LogP contribution is -2.26. The number of carbonyl (C=O) groups is 1. The van der Waals surface area contributed by atoms with Crippen molar-refractivity contribution in [2.24, 2.45) is 7.05 Å². The van der Waals surface area contributed by atoms with Crippen LogP contribution in [0.5, 0.6) is 0 Å². The van der Waals surface area contributed by atoms with Crippen LogP contribution in [0.4, 0.5) is 10.2 Å². The third-order valence-corrected chi connectivity index (χ3v) is 5.98. The van der Waals surface area contributed by atoms with Crippen molar-refractivity contribution in [3.63, 3.8) is 0 Å². The molecule has 1 amide bonds. The molecule has 0 spiro atoms. The highest BCUT2D eigenvalue weighted by atomic mass is 19.1. The molecule has 5 rings (SSSR count). The molecule has 1 saturated heterocycles. The molecule has 3 aromatic heterocycles. The number of aromatic amines is 1. The van der Waals surface area contributed by atoms with Crippen molar-refractivity contribution in [1.29, 1.82) is 0 Å². The van der Waals surface area contributed by atoms with Gasteiger partial charge in [-0.25, -0.2) is 9.37 Å². The monoisotopic (exact) mass is 433 g/mol. The summed E-state index contributed by atoms with van der Waals surface area (Å²) < 4.78 is 16.2. The van der Waals surface area contributed by atoms with Crippen molar-refractivity contribution >= 4 is 22.6 Å². The first-order valence-electron chi connectivity index (χ1n) is 10.7. The van der Waals surface area contributed by atoms with E-state index in [0.29, 0.717) is 23.1 Å². The zero-order valence-corrected chi connectivity index (χ0v) is 18.0. The van der Waals surface area contributed by atoms with Crippen LogP contribution in [0, 0.1) is 5.82 Å². The molecule has 32 heavy (non-hydrogen) atoms. The first kappa shape index (κ1) is 20.3. The van der Waals surface area contributed by atoms with E-state index >= 15 is 0 Å². The molecule has 1 aliphatic rings. The Hall–Kier alpha value is -3.59. The molecule has 0 saturated carbocycles. The van der Waals surface area contributed by atoms with E-state index in [1.165, 1.54) is 29.7 Å². The Kier molecular flexibility index (Phi) is 5.18. The molecule has 0 radical (unpaired) electrons. The van der Waals surface area contributed by atoms with Crippen molar-refractivity contribution in [1.82, 2.24) is 29.9 Å². The Morgan fingerprint density at radius 2 is 2.19 bits per heavy atom. The largest absolute Gasteiger partial charge is 0.357 e. The number of aromatic nitrogens is 5. The number of amides is 1. The van der Waals surface area contributed by atoms with Crippen LogP contribution in [0.2, 0.25) is 0 Å². The number of likely N-dealkylation sites (tertiary alicyclic amines) is 1. The van der Waals surface area contributed by atoms with Crippen molar-refractivity contribution in [3.05, 3.63) is 59.8 Å². The van der Waals surface area contributed by atoms with Gasteiger partial charge in [-0.3, -0.25) is 14.4 Å². The lowest BCUT2D eigenvalue weighted by atomic mass is 10.1. The number of rotatable bonds is 5. The second kappa shape index (κ2) is 8.16. The van der Waals surface area contributed by atoms with Crippen molar-refractivity contribution in [3.8, 4) is 11.3 Å². The minimum Gasteiger partial charge on any atom is -0.357 e. The Balaban J connectivity index is 1.32. The maximum Gasteiger partial charge on any atom is 0.259 e. The summed E-state index contributed by atoms with van der Waals surface area (Å²) in [5.74, 6) is -0.825. The van der Waals surface area contributed by atoms with Crippen LogP contribution in [0.25, 0.3) is 22.2 Å². The average Bonchev–Trinajstić information content (AvgIpc) is 3.48. The molecule has 0 unspecified atom stereocenters. The smallest absolute Gasteiger partial charge is 0.259 e. The SMILES string of the molecule is C[C@H]1CCCN1Cc1cc2cnc(NC(=O)c3ccc(-c4cn(C)nn4)cc3F)cc2[nH]1. The molecule has 2 N–H and O–H groups in total. The normalized spacial score (nSPS) is 16.7. The number of nitrogens with one attached hydrogen (secondary N) is 2. The third kappa shape index (κ3) is 3.99. The van der Waals surface area contributed by atoms with Gasteiger partial charge in [0.05, 0.1) is 17.3 Å². The summed E-state index contributed by atoms with van der Waals surface area (Å²) in [4.78, 5) is 22.8. The van der Waals surface area contributed by atoms with Crippen molar-refractivity contribution in [2.45, 2.75) is 32.4 Å². The van der Waals surface area contributed by atoms with Gasteiger partial charge in [0, 0.05) is 48.5 Å². The van der Waals surface area contributed by atoms with E-state index in [9.17, 15) is 9.18 Å². The summed E-state index contributed by atoms with van der Waals surface area (Å²) in [6.07, 6.45) is 5.86. The second-order valence-corrected chi connectivity index (χ2v) is 8.34. The summed E-state index contributed by atoms with van der Waals surface area (Å²) in [7, 11) is 1.73. The van der Waals surface area contributed by atoms with Gasteiger partial charge in [0.25, 0.3) is 5.91 Å². The van der Waals surface area contributed by atoms with Gasteiger partial charge in [-0.15, -0.1) is 5.10 Å². The van der Waals surface area contributed by atoms with Gasteiger partial charge in [-0.05, 0) is 44.5 Å². The molecule has 8 nitrogen and oxygen atoms in total. The van der Waals surface area contributed by atoms with Gasteiger partial charge in [0.2, 0.25) is 0 Å². The summed E-state index contributed by atoms with van der Waals surface area (Å²) in [6, 6.07) is 8.82. The molecule has 9 heteroatoms. The van der Waals surface area contributed by atoms with Gasteiger partial charge in [-0.2, -0.15) is 0 Å². The molecule has 1 aromatic carbocycles. The fourth-order valence-electron chi connectivity index (χ4n) is 4.21. The highest BCUT2D eigenvalue weighted by Crippen LogP contribution is 2.24. The zero-order valence-electron chi connectivity index (χ0n) is 18.0. The fourth-order valence-corrected chi connectivity index (χ4v) is 4.21. The fraction of sp³-hybridized carbons (Fsp3) is 0.304. The number of pyridine rings is 1. The molecule has 4 heterocycles. The average molecular weight is 433 g/mol. The van der Waals surface area contributed by atoms with Gasteiger partial charge >= 0.3 is 0 Å². The van der Waals surface area contributed by atoms with Crippen LogP contribution >= 0.6 is 0 Å². The van der Waals surface area contributed by atoms with Crippen molar-refractivity contribution in [2.75, 3.05) is 11.9 Å².